The van der Waals surface area contributed by atoms with Gasteiger partial charge >= 0.3 is 0 Å². The Morgan fingerprint density at radius 3 is 2.00 bits per heavy atom. The third-order valence-electron chi connectivity index (χ3n) is 4.39. The minimum atomic E-state index is -3.85. The molecule has 0 atom stereocenters. The number of ether oxygens (including phenoxy) is 3. The van der Waals surface area contributed by atoms with Crippen molar-refractivity contribution >= 4 is 22.1 Å². The van der Waals surface area contributed by atoms with Gasteiger partial charge in [-0.25, -0.2) is 18.6 Å². The molecule has 0 heterocycles. The summed E-state index contributed by atoms with van der Waals surface area (Å²) < 4.78 is 43.3. The van der Waals surface area contributed by atoms with E-state index in [2.05, 4.69) is 15.2 Å². The molecule has 9 nitrogen and oxygen atoms in total. The summed E-state index contributed by atoms with van der Waals surface area (Å²) in [7, 11) is 0.628. The molecule has 0 aromatic heterocycles. The molecule has 2 aromatic rings. The van der Waals surface area contributed by atoms with Crippen LogP contribution in [0.1, 0.15) is 22.3 Å². The highest BCUT2D eigenvalue weighted by molar-refractivity contribution is 7.89. The topological polar surface area (TPSA) is 115 Å². The van der Waals surface area contributed by atoms with E-state index in [0.29, 0.717) is 33.9 Å². The van der Waals surface area contributed by atoms with Crippen LogP contribution < -0.4 is 24.4 Å². The largest absolute Gasteiger partial charge is 0.493 e. The zero-order valence-electron chi connectivity index (χ0n) is 18.4. The molecule has 0 bridgehead atoms. The first-order chi connectivity index (χ1) is 14.6. The molecule has 0 radical (unpaired) electrons. The van der Waals surface area contributed by atoms with Gasteiger partial charge in [-0.15, -0.1) is 0 Å². The summed E-state index contributed by atoms with van der Waals surface area (Å²) in [6.45, 7) is 4.87. The lowest BCUT2D eigenvalue weighted by Gasteiger charge is -2.13. The molecule has 0 saturated carbocycles. The number of amides is 1. The van der Waals surface area contributed by atoms with Crippen LogP contribution in [0.4, 0.5) is 0 Å². The number of aryl methyl sites for hydroxylation is 3. The molecule has 0 aliphatic heterocycles. The van der Waals surface area contributed by atoms with Gasteiger partial charge in [-0.2, -0.15) is 5.10 Å². The van der Waals surface area contributed by atoms with Crippen LogP contribution in [-0.2, 0) is 14.8 Å². The maximum atomic E-state index is 12.6. The zero-order chi connectivity index (χ0) is 23.2. The van der Waals surface area contributed by atoms with Crippen LogP contribution in [-0.4, -0.2) is 48.4 Å². The Balaban J connectivity index is 2.05. The number of carbonyl (C=O) groups excluding carboxylic acids is 1. The van der Waals surface area contributed by atoms with Crippen LogP contribution in [0.25, 0.3) is 0 Å². The van der Waals surface area contributed by atoms with E-state index in [0.717, 1.165) is 5.56 Å². The van der Waals surface area contributed by atoms with Gasteiger partial charge in [0, 0.05) is 5.56 Å². The number of benzene rings is 2. The number of sulfonamides is 1. The molecule has 2 N–H and O–H groups in total. The summed E-state index contributed by atoms with van der Waals surface area (Å²) in [5.41, 5.74) is 5.07. The first-order valence-electron chi connectivity index (χ1n) is 9.32. The Bertz CT molecular complexity index is 1050. The molecule has 0 aliphatic rings. The number of hydrogen-bond acceptors (Lipinski definition) is 7. The van der Waals surface area contributed by atoms with E-state index >= 15 is 0 Å². The maximum Gasteiger partial charge on any atom is 0.255 e. The SMILES string of the molecule is COc1cc(/C=N\NC(=O)CNS(=O)(=O)c2c(C)cc(C)cc2C)cc(OC)c1OC. The molecule has 0 aliphatic carbocycles. The van der Waals surface area contributed by atoms with Gasteiger partial charge in [-0.1, -0.05) is 17.7 Å². The Hall–Kier alpha value is -3.11. The van der Waals surface area contributed by atoms with Crippen LogP contribution in [0, 0.1) is 20.8 Å². The van der Waals surface area contributed by atoms with Gasteiger partial charge in [0.2, 0.25) is 15.8 Å². The first-order valence-corrected chi connectivity index (χ1v) is 10.8. The normalized spacial score (nSPS) is 11.4. The van der Waals surface area contributed by atoms with Crippen molar-refractivity contribution in [3.05, 3.63) is 46.5 Å². The van der Waals surface area contributed by atoms with E-state index in [9.17, 15) is 13.2 Å². The third kappa shape index (κ3) is 5.96. The van der Waals surface area contributed by atoms with Gasteiger partial charge in [0.1, 0.15) is 0 Å². The van der Waals surface area contributed by atoms with E-state index in [1.165, 1.54) is 27.5 Å². The molecule has 168 valence electrons. The number of carbonyl (C=O) groups is 1. The van der Waals surface area contributed by atoms with Crippen LogP contribution in [0.15, 0.2) is 34.3 Å². The van der Waals surface area contributed by atoms with Crippen LogP contribution >= 0.6 is 0 Å². The van der Waals surface area contributed by atoms with Gasteiger partial charge in [-0.3, -0.25) is 4.79 Å². The zero-order valence-corrected chi connectivity index (χ0v) is 19.2. The van der Waals surface area contributed by atoms with Gasteiger partial charge in [0.25, 0.3) is 5.91 Å². The molecule has 0 unspecified atom stereocenters. The fourth-order valence-electron chi connectivity index (χ4n) is 3.22. The summed E-state index contributed by atoms with van der Waals surface area (Å²) in [5, 5.41) is 3.86. The van der Waals surface area contributed by atoms with E-state index in [-0.39, 0.29) is 4.90 Å². The maximum absolute atomic E-state index is 12.6. The van der Waals surface area contributed by atoms with Crippen LogP contribution in [0.3, 0.4) is 0 Å². The highest BCUT2D eigenvalue weighted by Crippen LogP contribution is 2.37. The van der Waals surface area contributed by atoms with Crippen molar-refractivity contribution in [3.8, 4) is 17.2 Å². The lowest BCUT2D eigenvalue weighted by atomic mass is 10.1. The second kappa shape index (κ2) is 10.3. The van der Waals surface area contributed by atoms with Crippen molar-refractivity contribution in [1.29, 1.82) is 0 Å². The number of hydrogen-bond donors (Lipinski definition) is 2. The summed E-state index contributed by atoms with van der Waals surface area (Å²) >= 11 is 0. The quantitative estimate of drug-likeness (QED) is 0.447. The second-order valence-corrected chi connectivity index (χ2v) is 8.51. The van der Waals surface area contributed by atoms with Crippen molar-refractivity contribution in [2.45, 2.75) is 25.7 Å². The van der Waals surface area contributed by atoms with Crippen LogP contribution in [0.5, 0.6) is 17.2 Å². The van der Waals surface area contributed by atoms with Crippen molar-refractivity contribution in [2.75, 3.05) is 27.9 Å². The number of rotatable bonds is 9. The van der Waals surface area contributed by atoms with Crippen molar-refractivity contribution < 1.29 is 27.4 Å². The monoisotopic (exact) mass is 449 g/mol. The smallest absolute Gasteiger partial charge is 0.255 e. The summed E-state index contributed by atoms with van der Waals surface area (Å²) in [5.74, 6) is 0.689. The molecule has 0 spiro atoms. The van der Waals surface area contributed by atoms with Gasteiger partial charge in [-0.05, 0) is 44.0 Å². The summed E-state index contributed by atoms with van der Waals surface area (Å²) in [6, 6.07) is 6.87. The molecule has 2 aromatic carbocycles. The fraction of sp³-hybridized carbons (Fsp3) is 0.333. The molecule has 31 heavy (non-hydrogen) atoms. The van der Waals surface area contributed by atoms with E-state index < -0.39 is 22.5 Å². The fourth-order valence-corrected chi connectivity index (χ4v) is 4.65. The van der Waals surface area contributed by atoms with E-state index in [4.69, 9.17) is 14.2 Å². The standard InChI is InChI=1S/C21H27N3O6S/c1-13-7-14(2)21(15(3)8-13)31(26,27)23-12-19(25)24-22-11-16-9-17(28-4)20(30-6)18(10-16)29-5/h7-11,23H,12H2,1-6H3,(H,24,25)/b22-11-. The Labute approximate surface area is 182 Å². The van der Waals surface area contributed by atoms with Crippen molar-refractivity contribution in [2.24, 2.45) is 5.10 Å². The summed E-state index contributed by atoms with van der Waals surface area (Å²) in [6.07, 6.45) is 1.38. The average molecular weight is 450 g/mol. The number of nitrogens with zero attached hydrogens (tertiary/aromatic N) is 1. The predicted octanol–water partition coefficient (Wildman–Crippen LogP) is 2.07. The third-order valence-corrected chi connectivity index (χ3v) is 6.09. The van der Waals surface area contributed by atoms with Crippen LogP contribution in [0.2, 0.25) is 0 Å². The summed E-state index contributed by atoms with van der Waals surface area (Å²) in [4.78, 5) is 12.2. The molecular formula is C21H27N3O6S. The van der Waals surface area contributed by atoms with Crippen molar-refractivity contribution in [1.82, 2.24) is 10.1 Å². The number of nitrogens with one attached hydrogen (secondary N) is 2. The lowest BCUT2D eigenvalue weighted by Crippen LogP contribution is -2.35. The minimum Gasteiger partial charge on any atom is -0.493 e. The highest BCUT2D eigenvalue weighted by Gasteiger charge is 2.20. The molecule has 10 heteroatoms. The molecule has 0 saturated heterocycles. The van der Waals surface area contributed by atoms with Gasteiger partial charge < -0.3 is 14.2 Å². The average Bonchev–Trinajstić information content (AvgIpc) is 2.70. The Kier molecular flexibility index (Phi) is 8.01. The Morgan fingerprint density at radius 2 is 1.52 bits per heavy atom. The van der Waals surface area contributed by atoms with Gasteiger partial charge in [0.15, 0.2) is 11.5 Å². The predicted molar refractivity (Wildman–Crippen MR) is 118 cm³/mol. The van der Waals surface area contributed by atoms with Crippen molar-refractivity contribution in [3.63, 3.8) is 0 Å². The van der Waals surface area contributed by atoms with E-state index in [1.807, 2.05) is 6.92 Å². The Morgan fingerprint density at radius 1 is 0.968 bits per heavy atom. The van der Waals surface area contributed by atoms with E-state index in [1.54, 1.807) is 38.1 Å². The van der Waals surface area contributed by atoms with Gasteiger partial charge in [0.05, 0.1) is 39.0 Å². The molecule has 1 amide bonds. The number of hydrazone groups is 1. The highest BCUT2D eigenvalue weighted by atomic mass is 32.2. The second-order valence-electron chi connectivity index (χ2n) is 6.80. The molecular weight excluding hydrogens is 422 g/mol. The minimum absolute atomic E-state index is 0.173. The first kappa shape index (κ1) is 24.2. The number of methoxy groups -OCH3 is 3. The lowest BCUT2D eigenvalue weighted by molar-refractivity contribution is -0.119. The molecule has 0 fully saturated rings. The molecule has 2 rings (SSSR count).